The Hall–Kier alpha value is -1.23. The summed E-state index contributed by atoms with van der Waals surface area (Å²) in [4.78, 5) is 13.3. The second-order valence-corrected chi connectivity index (χ2v) is 5.02. The van der Waals surface area contributed by atoms with Crippen molar-refractivity contribution in [3.63, 3.8) is 0 Å². The molecule has 2 N–H and O–H groups in total. The molecule has 4 nitrogen and oxygen atoms in total. The molecule has 1 aromatic rings. The van der Waals surface area contributed by atoms with Gasteiger partial charge in [0.05, 0.1) is 0 Å². The van der Waals surface area contributed by atoms with Crippen LogP contribution in [0.2, 0.25) is 0 Å². The van der Waals surface area contributed by atoms with Gasteiger partial charge in [0.1, 0.15) is 5.75 Å². The second-order valence-electron chi connectivity index (χ2n) is 4.11. The highest BCUT2D eigenvalue weighted by Crippen LogP contribution is 2.22. The average Bonchev–Trinajstić information content (AvgIpc) is 2.23. The summed E-state index contributed by atoms with van der Waals surface area (Å²) in [5, 5.41) is 0. The van der Waals surface area contributed by atoms with Crippen molar-refractivity contribution in [2.24, 2.45) is 0 Å². The first-order chi connectivity index (χ1) is 7.90. The Labute approximate surface area is 110 Å². The van der Waals surface area contributed by atoms with E-state index in [1.807, 2.05) is 13.8 Å². The molecule has 0 bridgehead atoms. The number of benzene rings is 1. The van der Waals surface area contributed by atoms with E-state index in [2.05, 4.69) is 15.9 Å². The topological polar surface area (TPSA) is 55.6 Å². The molecule has 0 spiro atoms. The Balaban J connectivity index is 2.58. The summed E-state index contributed by atoms with van der Waals surface area (Å²) in [5.74, 6) is 0.529. The number of rotatable bonds is 4. The first-order valence-corrected chi connectivity index (χ1v) is 6.14. The minimum absolute atomic E-state index is 0.0184. The van der Waals surface area contributed by atoms with Gasteiger partial charge in [0.25, 0.3) is 5.91 Å². The lowest BCUT2D eigenvalue weighted by Gasteiger charge is -2.21. The number of carbonyl (C=O) groups is 1. The minimum atomic E-state index is -0.0569. The van der Waals surface area contributed by atoms with Gasteiger partial charge in [-0.1, -0.05) is 15.9 Å². The van der Waals surface area contributed by atoms with Gasteiger partial charge in [-0.25, -0.2) is 0 Å². The van der Waals surface area contributed by atoms with Crippen LogP contribution < -0.4 is 10.5 Å². The molecule has 0 heterocycles. The monoisotopic (exact) mass is 300 g/mol. The Morgan fingerprint density at radius 2 is 2.12 bits per heavy atom. The van der Waals surface area contributed by atoms with Crippen molar-refractivity contribution in [2.45, 2.75) is 19.9 Å². The van der Waals surface area contributed by atoms with E-state index in [1.54, 1.807) is 30.1 Å². The number of nitrogens with zero attached hydrogens (tertiary/aromatic N) is 1. The number of ether oxygens (including phenoxy) is 1. The second kappa shape index (κ2) is 5.91. The molecular formula is C12H17BrN2O2. The van der Waals surface area contributed by atoms with Crippen LogP contribution in [0, 0.1) is 0 Å². The maximum Gasteiger partial charge on any atom is 0.260 e. The predicted molar refractivity (Wildman–Crippen MR) is 72.0 cm³/mol. The Morgan fingerprint density at radius 1 is 1.47 bits per heavy atom. The summed E-state index contributed by atoms with van der Waals surface area (Å²) in [5.41, 5.74) is 6.26. The smallest absolute Gasteiger partial charge is 0.260 e. The number of anilines is 1. The van der Waals surface area contributed by atoms with Crippen LogP contribution in [0.1, 0.15) is 13.8 Å². The number of likely N-dealkylation sites (N-methyl/N-ethyl adjacent to an activating group) is 1. The lowest BCUT2D eigenvalue weighted by molar-refractivity contribution is -0.133. The van der Waals surface area contributed by atoms with Crippen molar-refractivity contribution < 1.29 is 9.53 Å². The molecule has 0 aliphatic rings. The van der Waals surface area contributed by atoms with Gasteiger partial charge in [0.15, 0.2) is 6.61 Å². The normalized spacial score (nSPS) is 10.4. The lowest BCUT2D eigenvalue weighted by Crippen LogP contribution is -2.36. The van der Waals surface area contributed by atoms with Crippen molar-refractivity contribution in [1.29, 1.82) is 0 Å². The molecule has 1 rings (SSSR count). The molecule has 1 amide bonds. The third kappa shape index (κ3) is 4.26. The summed E-state index contributed by atoms with van der Waals surface area (Å²) in [6.07, 6.45) is 0. The highest BCUT2D eigenvalue weighted by Gasteiger charge is 2.12. The Kier molecular flexibility index (Phi) is 4.81. The van der Waals surface area contributed by atoms with E-state index in [0.29, 0.717) is 11.4 Å². The van der Waals surface area contributed by atoms with Gasteiger partial charge in [-0.3, -0.25) is 4.79 Å². The maximum absolute atomic E-state index is 11.7. The summed E-state index contributed by atoms with van der Waals surface area (Å²) in [6.45, 7) is 3.93. The van der Waals surface area contributed by atoms with Gasteiger partial charge in [-0.15, -0.1) is 0 Å². The number of nitrogen functional groups attached to an aromatic ring is 1. The van der Waals surface area contributed by atoms with Crippen LogP contribution in [0.25, 0.3) is 0 Å². The molecule has 0 radical (unpaired) electrons. The fraction of sp³-hybridized carbons (Fsp3) is 0.417. The van der Waals surface area contributed by atoms with Crippen LogP contribution in [-0.4, -0.2) is 30.5 Å². The van der Waals surface area contributed by atoms with Crippen LogP contribution in [-0.2, 0) is 4.79 Å². The SMILES string of the molecule is CC(C)N(C)C(=O)COc1cc(N)cc(Br)c1. The zero-order chi connectivity index (χ0) is 13.0. The van der Waals surface area contributed by atoms with Gasteiger partial charge in [-0.05, 0) is 26.0 Å². The lowest BCUT2D eigenvalue weighted by atomic mass is 10.3. The van der Waals surface area contributed by atoms with E-state index in [4.69, 9.17) is 10.5 Å². The Morgan fingerprint density at radius 3 is 2.65 bits per heavy atom. The molecular weight excluding hydrogens is 284 g/mol. The zero-order valence-corrected chi connectivity index (χ0v) is 11.8. The number of nitrogens with two attached hydrogens (primary N) is 1. The number of amides is 1. The van der Waals surface area contributed by atoms with Crippen LogP contribution in [0.3, 0.4) is 0 Å². The molecule has 0 aliphatic carbocycles. The third-order valence-electron chi connectivity index (χ3n) is 2.42. The molecule has 0 unspecified atom stereocenters. The van der Waals surface area contributed by atoms with E-state index < -0.39 is 0 Å². The highest BCUT2D eigenvalue weighted by molar-refractivity contribution is 9.10. The molecule has 1 aromatic carbocycles. The van der Waals surface area contributed by atoms with E-state index >= 15 is 0 Å². The standard InChI is InChI=1S/C12H17BrN2O2/c1-8(2)15(3)12(16)7-17-11-5-9(13)4-10(14)6-11/h4-6,8H,7,14H2,1-3H3. The molecule has 0 fully saturated rings. The Bertz CT molecular complexity index is 387. The predicted octanol–water partition coefficient (Wildman–Crippen LogP) is 2.28. The molecule has 5 heteroatoms. The molecule has 0 atom stereocenters. The summed E-state index contributed by atoms with van der Waals surface area (Å²) >= 11 is 3.32. The van der Waals surface area contributed by atoms with Gasteiger partial charge in [0.2, 0.25) is 0 Å². The molecule has 0 saturated heterocycles. The summed E-state index contributed by atoms with van der Waals surface area (Å²) in [7, 11) is 1.76. The van der Waals surface area contributed by atoms with Gasteiger partial charge in [-0.2, -0.15) is 0 Å². The van der Waals surface area contributed by atoms with Gasteiger partial charge >= 0.3 is 0 Å². The molecule has 17 heavy (non-hydrogen) atoms. The third-order valence-corrected chi connectivity index (χ3v) is 2.88. The average molecular weight is 301 g/mol. The van der Waals surface area contributed by atoms with Crippen LogP contribution >= 0.6 is 15.9 Å². The van der Waals surface area contributed by atoms with Crippen molar-refractivity contribution in [2.75, 3.05) is 19.4 Å². The number of hydrogen-bond donors (Lipinski definition) is 1. The van der Waals surface area contributed by atoms with E-state index in [0.717, 1.165) is 4.47 Å². The van der Waals surface area contributed by atoms with Crippen molar-refractivity contribution in [3.8, 4) is 5.75 Å². The number of carbonyl (C=O) groups excluding carboxylic acids is 1. The number of halogens is 1. The molecule has 0 aromatic heterocycles. The molecule has 0 aliphatic heterocycles. The summed E-state index contributed by atoms with van der Waals surface area (Å²) < 4.78 is 6.23. The largest absolute Gasteiger partial charge is 0.484 e. The minimum Gasteiger partial charge on any atom is -0.484 e. The van der Waals surface area contributed by atoms with Crippen LogP contribution in [0.15, 0.2) is 22.7 Å². The van der Waals surface area contributed by atoms with Crippen LogP contribution in [0.4, 0.5) is 5.69 Å². The first-order valence-electron chi connectivity index (χ1n) is 5.34. The van der Waals surface area contributed by atoms with Gasteiger partial charge < -0.3 is 15.4 Å². The van der Waals surface area contributed by atoms with Crippen molar-refractivity contribution in [3.05, 3.63) is 22.7 Å². The fourth-order valence-electron chi connectivity index (χ4n) is 1.20. The van der Waals surface area contributed by atoms with E-state index in [1.165, 1.54) is 0 Å². The molecule has 0 saturated carbocycles. The van der Waals surface area contributed by atoms with E-state index in [9.17, 15) is 4.79 Å². The van der Waals surface area contributed by atoms with Crippen molar-refractivity contribution in [1.82, 2.24) is 4.90 Å². The maximum atomic E-state index is 11.7. The fourth-order valence-corrected chi connectivity index (χ4v) is 1.69. The van der Waals surface area contributed by atoms with Crippen molar-refractivity contribution >= 4 is 27.5 Å². The first kappa shape index (κ1) is 13.8. The van der Waals surface area contributed by atoms with Crippen LogP contribution in [0.5, 0.6) is 5.75 Å². The zero-order valence-electron chi connectivity index (χ0n) is 10.2. The quantitative estimate of drug-likeness (QED) is 0.868. The van der Waals surface area contributed by atoms with E-state index in [-0.39, 0.29) is 18.6 Å². The summed E-state index contributed by atoms with van der Waals surface area (Å²) in [6, 6.07) is 5.40. The van der Waals surface area contributed by atoms with Gasteiger partial charge in [0, 0.05) is 29.3 Å². The number of hydrogen-bond acceptors (Lipinski definition) is 3. The highest BCUT2D eigenvalue weighted by atomic mass is 79.9. The molecule has 94 valence electrons.